The number of carbonyl (C=O) groups is 4. The summed E-state index contributed by atoms with van der Waals surface area (Å²) in [4.78, 5) is 41.6. The number of hydrogen-bond donors (Lipinski definition) is 2. The highest BCUT2D eigenvalue weighted by molar-refractivity contribution is 5.89. The number of ether oxygens (including phenoxy) is 3. The summed E-state index contributed by atoms with van der Waals surface area (Å²) in [5.74, 6) is -3.97. The number of esters is 3. The van der Waals surface area contributed by atoms with E-state index in [-0.39, 0.29) is 11.1 Å². The Morgan fingerprint density at radius 1 is 0.774 bits per heavy atom. The largest absolute Gasteiger partial charge is 0.479 e. The number of carboxylic acid groups (broad SMARTS) is 1. The molecule has 0 aromatic rings. The van der Waals surface area contributed by atoms with Crippen LogP contribution in [-0.4, -0.2) is 72.9 Å². The van der Waals surface area contributed by atoms with E-state index in [9.17, 15) is 45.5 Å². The number of aliphatic carboxylic acids is 1. The zero-order valence-corrected chi connectivity index (χ0v) is 16.3. The molecule has 9 nitrogen and oxygen atoms in total. The van der Waals surface area contributed by atoms with Gasteiger partial charge in [-0.15, -0.1) is 0 Å². The molecular formula is C16H20F6O9. The molecule has 0 fully saturated rings. The van der Waals surface area contributed by atoms with Crippen molar-refractivity contribution in [1.29, 1.82) is 0 Å². The lowest BCUT2D eigenvalue weighted by Crippen LogP contribution is -2.23. The van der Waals surface area contributed by atoms with Crippen molar-refractivity contribution in [3.05, 3.63) is 24.3 Å². The lowest BCUT2D eigenvalue weighted by atomic mass is 10.4. The van der Waals surface area contributed by atoms with Crippen LogP contribution in [0.5, 0.6) is 0 Å². The molecular weight excluding hydrogens is 450 g/mol. The van der Waals surface area contributed by atoms with Crippen LogP contribution in [0.15, 0.2) is 24.3 Å². The van der Waals surface area contributed by atoms with Gasteiger partial charge in [-0.2, -0.15) is 26.3 Å². The summed E-state index contributed by atoms with van der Waals surface area (Å²) in [7, 11) is 0. The Morgan fingerprint density at radius 3 is 1.39 bits per heavy atom. The quantitative estimate of drug-likeness (QED) is 0.248. The van der Waals surface area contributed by atoms with Gasteiger partial charge >= 0.3 is 36.2 Å². The van der Waals surface area contributed by atoms with E-state index in [4.69, 9.17) is 10.2 Å². The highest BCUT2D eigenvalue weighted by atomic mass is 19.4. The van der Waals surface area contributed by atoms with Crippen LogP contribution < -0.4 is 0 Å². The predicted octanol–water partition coefficient (Wildman–Crippen LogP) is 1.94. The highest BCUT2D eigenvalue weighted by Gasteiger charge is 2.29. The van der Waals surface area contributed by atoms with Crippen molar-refractivity contribution in [2.24, 2.45) is 0 Å². The second-order valence-electron chi connectivity index (χ2n) is 5.16. The topological polar surface area (TPSA) is 136 Å². The Balaban J connectivity index is -0.000000421. The number of hydrogen-bond acceptors (Lipinski definition) is 8. The van der Waals surface area contributed by atoms with E-state index in [1.807, 2.05) is 0 Å². The van der Waals surface area contributed by atoms with Gasteiger partial charge in [-0.3, -0.25) is 0 Å². The number of aliphatic hydroxyl groups excluding tert-OH is 1. The fraction of sp³-hybridized carbons (Fsp3) is 0.500. The summed E-state index contributed by atoms with van der Waals surface area (Å²) in [6.45, 7) is 4.37. The molecule has 0 aliphatic heterocycles. The Hall–Kier alpha value is -3.10. The van der Waals surface area contributed by atoms with Gasteiger partial charge < -0.3 is 24.4 Å². The number of alkyl halides is 6. The molecule has 15 heteroatoms. The van der Waals surface area contributed by atoms with Crippen molar-refractivity contribution >= 4 is 23.9 Å². The third kappa shape index (κ3) is 29.2. The van der Waals surface area contributed by atoms with Crippen molar-refractivity contribution < 1.29 is 69.9 Å². The zero-order valence-electron chi connectivity index (χ0n) is 16.3. The van der Waals surface area contributed by atoms with Gasteiger partial charge in [0.1, 0.15) is 6.61 Å². The lowest BCUT2D eigenvalue weighted by Gasteiger charge is -2.07. The Bertz CT molecular complexity index is 638. The smallest absolute Gasteiger partial charge is 0.422 e. The molecule has 0 bridgehead atoms. The molecule has 0 aromatic heterocycles. The first-order valence-corrected chi connectivity index (χ1v) is 7.59. The molecule has 0 aromatic carbocycles. The first-order valence-electron chi connectivity index (χ1n) is 7.59. The van der Waals surface area contributed by atoms with E-state index < -0.39 is 62.7 Å². The molecule has 180 valence electrons. The van der Waals surface area contributed by atoms with Crippen molar-refractivity contribution in [3.8, 4) is 0 Å². The summed E-state index contributed by atoms with van der Waals surface area (Å²) in [5.41, 5.74) is 0.236. The summed E-state index contributed by atoms with van der Waals surface area (Å²) in [6, 6.07) is 0. The van der Waals surface area contributed by atoms with Crippen molar-refractivity contribution in [2.75, 3.05) is 26.4 Å². The number of rotatable bonds is 7. The second-order valence-corrected chi connectivity index (χ2v) is 5.16. The molecule has 0 heterocycles. The summed E-state index contributed by atoms with van der Waals surface area (Å²) in [6.07, 6.45) is -8.99. The maximum absolute atomic E-state index is 11.5. The molecule has 0 radical (unpaired) electrons. The van der Waals surface area contributed by atoms with Crippen LogP contribution in [0, 0.1) is 0 Å². The third-order valence-corrected chi connectivity index (χ3v) is 1.92. The molecule has 0 saturated heterocycles. The van der Waals surface area contributed by atoms with Gasteiger partial charge in [-0.25, -0.2) is 19.2 Å². The minimum Gasteiger partial charge on any atom is -0.479 e. The molecule has 0 amide bonds. The van der Waals surface area contributed by atoms with Crippen molar-refractivity contribution in [1.82, 2.24) is 0 Å². The van der Waals surface area contributed by atoms with Crippen LogP contribution in [0.25, 0.3) is 0 Å². The van der Waals surface area contributed by atoms with E-state index in [1.165, 1.54) is 13.8 Å². The van der Waals surface area contributed by atoms with Gasteiger partial charge in [0.15, 0.2) is 19.8 Å². The third-order valence-electron chi connectivity index (χ3n) is 1.92. The minimum atomic E-state index is -4.59. The van der Waals surface area contributed by atoms with Crippen LogP contribution in [0.1, 0.15) is 13.8 Å². The van der Waals surface area contributed by atoms with Crippen LogP contribution in [-0.2, 0) is 33.4 Å². The molecule has 0 rings (SSSR count). The minimum absolute atomic E-state index is 0.0404. The van der Waals surface area contributed by atoms with Gasteiger partial charge in [0, 0.05) is 11.1 Å². The standard InChI is InChI=1S/C8H9F3O4.C6H8O4.C2H3F3O/c1-5(2)7(13)14-3-6(12)15-4-8(9,10)11;1-4(2)6(9)10-3-5(7)8;3-2(4,5)1-6/h1,3-4H2,2H3;1,3H2,2H3,(H,7,8);6H,1H2. The van der Waals surface area contributed by atoms with E-state index in [0.29, 0.717) is 0 Å². The molecule has 0 unspecified atom stereocenters. The number of carboxylic acids is 1. The monoisotopic (exact) mass is 470 g/mol. The van der Waals surface area contributed by atoms with Gasteiger partial charge in [0.25, 0.3) is 0 Å². The molecule has 0 aliphatic rings. The predicted molar refractivity (Wildman–Crippen MR) is 89.3 cm³/mol. The van der Waals surface area contributed by atoms with E-state index in [2.05, 4.69) is 27.4 Å². The molecule has 0 atom stereocenters. The van der Waals surface area contributed by atoms with Crippen LogP contribution >= 0.6 is 0 Å². The molecule has 0 aliphatic carbocycles. The van der Waals surface area contributed by atoms with Crippen LogP contribution in [0.3, 0.4) is 0 Å². The average Bonchev–Trinajstić information content (AvgIpc) is 2.61. The van der Waals surface area contributed by atoms with Crippen LogP contribution in [0.2, 0.25) is 0 Å². The zero-order chi connectivity index (χ0) is 25.4. The summed E-state index contributed by atoms with van der Waals surface area (Å²) < 4.78 is 78.5. The van der Waals surface area contributed by atoms with E-state index in [1.54, 1.807) is 0 Å². The summed E-state index contributed by atoms with van der Waals surface area (Å²) in [5, 5.41) is 15.3. The average molecular weight is 470 g/mol. The Labute approximate surface area is 171 Å². The van der Waals surface area contributed by atoms with Gasteiger partial charge in [0.2, 0.25) is 0 Å². The van der Waals surface area contributed by atoms with E-state index >= 15 is 0 Å². The fourth-order valence-corrected chi connectivity index (χ4v) is 0.702. The van der Waals surface area contributed by atoms with Crippen molar-refractivity contribution in [2.45, 2.75) is 26.2 Å². The molecule has 2 N–H and O–H groups in total. The van der Waals surface area contributed by atoms with E-state index in [0.717, 1.165) is 0 Å². The SMILES string of the molecule is C=C(C)C(=O)OCC(=O)O.C=C(C)C(=O)OCC(=O)OCC(F)(F)F.OCC(F)(F)F. The molecule has 0 saturated carbocycles. The maximum atomic E-state index is 11.5. The lowest BCUT2D eigenvalue weighted by molar-refractivity contribution is -0.189. The Morgan fingerprint density at radius 2 is 1.13 bits per heavy atom. The van der Waals surface area contributed by atoms with Crippen molar-refractivity contribution in [3.63, 3.8) is 0 Å². The van der Waals surface area contributed by atoms with Gasteiger partial charge in [-0.1, -0.05) is 13.2 Å². The highest BCUT2D eigenvalue weighted by Crippen LogP contribution is 2.14. The van der Waals surface area contributed by atoms with Gasteiger partial charge in [0.05, 0.1) is 0 Å². The van der Waals surface area contributed by atoms with Gasteiger partial charge in [-0.05, 0) is 13.8 Å². The molecule has 31 heavy (non-hydrogen) atoms. The van der Waals surface area contributed by atoms with Crippen LogP contribution in [0.4, 0.5) is 26.3 Å². The molecule has 0 spiro atoms. The number of aliphatic hydroxyl groups is 1. The first-order chi connectivity index (χ1) is 13.8. The first kappa shape index (κ1) is 32.6. The number of halogens is 6. The Kier molecular flexibility index (Phi) is 16.5. The second kappa shape index (κ2) is 15.7. The number of carbonyl (C=O) groups excluding carboxylic acids is 3. The normalized spacial score (nSPS) is 10.2. The summed E-state index contributed by atoms with van der Waals surface area (Å²) >= 11 is 0. The fourth-order valence-electron chi connectivity index (χ4n) is 0.702. The maximum Gasteiger partial charge on any atom is 0.422 e.